The summed E-state index contributed by atoms with van der Waals surface area (Å²) in [6.07, 6.45) is 3.32. The number of fused-ring (bicyclic) bond motifs is 1. The predicted molar refractivity (Wildman–Crippen MR) is 111 cm³/mol. The number of nitrogens with zero attached hydrogens (tertiary/aromatic N) is 2. The first-order valence-corrected chi connectivity index (χ1v) is 12.1. The summed E-state index contributed by atoms with van der Waals surface area (Å²) in [5.74, 6) is 0.473. The summed E-state index contributed by atoms with van der Waals surface area (Å²) in [4.78, 5) is 26.9. The number of sulfone groups is 1. The minimum atomic E-state index is -3.14. The van der Waals surface area contributed by atoms with Gasteiger partial charge in [-0.25, -0.2) is 8.42 Å². The molecule has 1 aromatic carbocycles. The third-order valence-corrected chi connectivity index (χ3v) is 7.60. The Balaban J connectivity index is 1.46. The van der Waals surface area contributed by atoms with E-state index in [1.807, 2.05) is 12.1 Å². The zero-order chi connectivity index (χ0) is 21.7. The molecule has 2 heterocycles. The van der Waals surface area contributed by atoms with Gasteiger partial charge in [0.1, 0.15) is 0 Å². The van der Waals surface area contributed by atoms with Crippen molar-refractivity contribution in [1.29, 1.82) is 0 Å². The van der Waals surface area contributed by atoms with Gasteiger partial charge in [-0.05, 0) is 36.0 Å². The van der Waals surface area contributed by atoms with Gasteiger partial charge in [-0.15, -0.1) is 0 Å². The van der Waals surface area contributed by atoms with E-state index in [-0.39, 0.29) is 23.7 Å². The van der Waals surface area contributed by atoms with E-state index >= 15 is 0 Å². The van der Waals surface area contributed by atoms with Gasteiger partial charge in [0.2, 0.25) is 0 Å². The molecule has 1 aromatic heterocycles. The number of likely N-dealkylation sites (tertiary alicyclic amines) is 1. The van der Waals surface area contributed by atoms with Crippen LogP contribution in [-0.2, 0) is 22.7 Å². The van der Waals surface area contributed by atoms with Gasteiger partial charge in [-0.1, -0.05) is 31.1 Å². The fraction of sp³-hybridized carbons (Fsp3) is 0.500. The highest BCUT2D eigenvalue weighted by Gasteiger charge is 2.36. The third-order valence-electron chi connectivity index (χ3n) is 6.00. The first-order valence-electron chi connectivity index (χ1n) is 10.1. The molecule has 0 bridgehead atoms. The molecule has 0 radical (unpaired) electrons. The van der Waals surface area contributed by atoms with E-state index in [4.69, 9.17) is 4.52 Å². The second-order valence-electron chi connectivity index (χ2n) is 9.23. The Hall–Kier alpha value is -2.48. The maximum Gasteiger partial charge on any atom is 0.253 e. The van der Waals surface area contributed by atoms with Gasteiger partial charge in [0.25, 0.3) is 5.91 Å². The minimum Gasteiger partial charge on any atom is -0.360 e. The van der Waals surface area contributed by atoms with Gasteiger partial charge in [0.15, 0.2) is 21.4 Å². The lowest BCUT2D eigenvalue weighted by molar-refractivity contribution is 0.0792. The summed E-state index contributed by atoms with van der Waals surface area (Å²) in [6.45, 7) is 4.79. The Morgan fingerprint density at radius 2 is 1.93 bits per heavy atom. The molecule has 160 valence electrons. The van der Waals surface area contributed by atoms with Crippen molar-refractivity contribution in [2.24, 2.45) is 5.41 Å². The van der Waals surface area contributed by atoms with Crippen molar-refractivity contribution in [3.05, 3.63) is 52.4 Å². The summed E-state index contributed by atoms with van der Waals surface area (Å²) in [7, 11) is -3.14. The monoisotopic (exact) mass is 430 g/mol. The molecular formula is C22H26N2O5S. The Labute approximate surface area is 176 Å². The van der Waals surface area contributed by atoms with Crippen molar-refractivity contribution < 1.29 is 22.5 Å². The highest BCUT2D eigenvalue weighted by atomic mass is 32.2. The summed E-state index contributed by atoms with van der Waals surface area (Å²) in [6, 6.07) is 7.14. The average Bonchev–Trinajstić information content (AvgIpc) is 3.28. The van der Waals surface area contributed by atoms with Crippen molar-refractivity contribution in [2.75, 3.05) is 19.3 Å². The lowest BCUT2D eigenvalue weighted by atomic mass is 9.75. The number of benzene rings is 1. The maximum absolute atomic E-state index is 12.7. The average molecular weight is 431 g/mol. The maximum atomic E-state index is 12.7. The Morgan fingerprint density at radius 3 is 2.57 bits per heavy atom. The molecule has 1 fully saturated rings. The fourth-order valence-electron chi connectivity index (χ4n) is 4.35. The largest absolute Gasteiger partial charge is 0.360 e. The lowest BCUT2D eigenvalue weighted by Crippen LogP contribution is -2.31. The highest BCUT2D eigenvalue weighted by Crippen LogP contribution is 2.36. The van der Waals surface area contributed by atoms with Gasteiger partial charge < -0.3 is 9.42 Å². The van der Waals surface area contributed by atoms with E-state index in [0.29, 0.717) is 42.7 Å². The van der Waals surface area contributed by atoms with Crippen LogP contribution in [-0.4, -0.2) is 54.8 Å². The van der Waals surface area contributed by atoms with E-state index in [2.05, 4.69) is 19.0 Å². The number of amides is 1. The smallest absolute Gasteiger partial charge is 0.253 e. The molecule has 2 aromatic rings. The molecule has 0 spiro atoms. The highest BCUT2D eigenvalue weighted by molar-refractivity contribution is 7.91. The number of hydrogen-bond donors (Lipinski definition) is 0. The number of Topliss-reactive ketones (excluding diaryl/α,β-unsaturated/α-hetero) is 1. The van der Waals surface area contributed by atoms with Crippen molar-refractivity contribution in [3.63, 3.8) is 0 Å². The van der Waals surface area contributed by atoms with Crippen LogP contribution in [0.5, 0.6) is 0 Å². The third kappa shape index (κ3) is 4.05. The quantitative estimate of drug-likeness (QED) is 0.740. The van der Waals surface area contributed by atoms with Crippen LogP contribution in [0, 0.1) is 5.41 Å². The van der Waals surface area contributed by atoms with Crippen LogP contribution in [0.4, 0.5) is 0 Å². The number of ketones is 1. The number of hydrogen-bond acceptors (Lipinski definition) is 6. The molecule has 1 amide bonds. The molecule has 1 aliphatic carbocycles. The topological polar surface area (TPSA) is 97.6 Å². The summed E-state index contributed by atoms with van der Waals surface area (Å²) in [5, 5.41) is 3.63. The van der Waals surface area contributed by atoms with E-state index in [1.165, 1.54) is 6.26 Å². The van der Waals surface area contributed by atoms with Gasteiger partial charge in [-0.3, -0.25) is 9.59 Å². The standard InChI is InChI=1S/C22H26N2O5S/c1-22(2)11-17-20(18(25)12-22)19(29-23-17)10-14-4-6-15(7-5-14)21(26)24-9-8-16(13-24)30(3,27)28/h4-7,16H,8-13H2,1-3H3/t16-/m0/s1. The van der Waals surface area contributed by atoms with Crippen LogP contribution in [0.15, 0.2) is 28.8 Å². The van der Waals surface area contributed by atoms with Gasteiger partial charge in [0, 0.05) is 37.8 Å². The van der Waals surface area contributed by atoms with E-state index in [9.17, 15) is 18.0 Å². The summed E-state index contributed by atoms with van der Waals surface area (Å²) in [5.41, 5.74) is 2.67. The van der Waals surface area contributed by atoms with Crippen LogP contribution in [0.25, 0.3) is 0 Å². The van der Waals surface area contributed by atoms with Crippen LogP contribution in [0.2, 0.25) is 0 Å². The Morgan fingerprint density at radius 1 is 1.23 bits per heavy atom. The normalized spacial score (nSPS) is 21.0. The van der Waals surface area contributed by atoms with Crippen molar-refractivity contribution in [3.8, 4) is 0 Å². The molecule has 0 N–H and O–H groups in total. The van der Waals surface area contributed by atoms with E-state index in [0.717, 1.165) is 17.7 Å². The van der Waals surface area contributed by atoms with Crippen molar-refractivity contribution >= 4 is 21.5 Å². The zero-order valence-corrected chi connectivity index (χ0v) is 18.3. The number of carbonyl (C=O) groups excluding carboxylic acids is 2. The number of carbonyl (C=O) groups is 2. The number of aromatic nitrogens is 1. The number of rotatable bonds is 4. The lowest BCUT2D eigenvalue weighted by Gasteiger charge is -2.26. The molecule has 4 rings (SSSR count). The summed E-state index contributed by atoms with van der Waals surface area (Å²) < 4.78 is 28.9. The minimum absolute atomic E-state index is 0.0683. The van der Waals surface area contributed by atoms with Crippen molar-refractivity contribution in [2.45, 2.75) is 44.8 Å². The molecule has 30 heavy (non-hydrogen) atoms. The summed E-state index contributed by atoms with van der Waals surface area (Å²) >= 11 is 0. The fourth-order valence-corrected chi connectivity index (χ4v) is 5.34. The Kier molecular flexibility index (Phi) is 5.08. The zero-order valence-electron chi connectivity index (χ0n) is 17.5. The van der Waals surface area contributed by atoms with Gasteiger partial charge in [-0.2, -0.15) is 0 Å². The SMILES string of the molecule is CC1(C)CC(=O)c2c(noc2Cc2ccc(C(=O)N3CC[C@H](S(C)(=O)=O)C3)cc2)C1. The second kappa shape index (κ2) is 7.34. The predicted octanol–water partition coefficient (Wildman–Crippen LogP) is 2.68. The molecule has 2 aliphatic rings. The van der Waals surface area contributed by atoms with E-state index < -0.39 is 15.1 Å². The van der Waals surface area contributed by atoms with Crippen LogP contribution in [0.3, 0.4) is 0 Å². The van der Waals surface area contributed by atoms with E-state index in [1.54, 1.807) is 17.0 Å². The molecule has 8 heteroatoms. The van der Waals surface area contributed by atoms with Crippen LogP contribution < -0.4 is 0 Å². The first kappa shape index (κ1) is 20.8. The first-order chi connectivity index (χ1) is 14.0. The van der Waals surface area contributed by atoms with Gasteiger partial charge in [0.05, 0.1) is 16.5 Å². The molecule has 7 nitrogen and oxygen atoms in total. The molecule has 0 saturated carbocycles. The molecule has 1 aliphatic heterocycles. The van der Waals surface area contributed by atoms with Gasteiger partial charge >= 0.3 is 0 Å². The molecule has 0 unspecified atom stereocenters. The molecular weight excluding hydrogens is 404 g/mol. The molecule has 1 saturated heterocycles. The van der Waals surface area contributed by atoms with Crippen LogP contribution >= 0.6 is 0 Å². The Bertz CT molecular complexity index is 1100. The second-order valence-corrected chi connectivity index (χ2v) is 11.6. The van der Waals surface area contributed by atoms with Crippen molar-refractivity contribution in [1.82, 2.24) is 10.1 Å². The molecule has 1 atom stereocenters. The van der Waals surface area contributed by atoms with Crippen LogP contribution in [0.1, 0.15) is 64.4 Å².